The number of carboxylic acids is 1. The van der Waals surface area contributed by atoms with E-state index in [1.165, 1.54) is 37.4 Å². The Morgan fingerprint density at radius 1 is 0.962 bits per heavy atom. The van der Waals surface area contributed by atoms with E-state index in [0.29, 0.717) is 27.7 Å². The zero-order chi connectivity index (χ0) is 37.3. The summed E-state index contributed by atoms with van der Waals surface area (Å²) in [6, 6.07) is 20.3. The number of nitrogens with one attached hydrogen (secondary N) is 1. The third-order valence-electron chi connectivity index (χ3n) is 11.1. The molecule has 2 saturated heterocycles. The maximum Gasteiger partial charge on any atom is 0.335 e. The molecule has 1 aromatic heterocycles. The quantitative estimate of drug-likeness (QED) is 0.144. The molecule has 4 amide bonds. The second kappa shape index (κ2) is 12.9. The van der Waals surface area contributed by atoms with E-state index in [1.54, 1.807) is 48.5 Å². The van der Waals surface area contributed by atoms with Gasteiger partial charge in [0.1, 0.15) is 29.3 Å². The maximum atomic E-state index is 15.3. The summed E-state index contributed by atoms with van der Waals surface area (Å²) in [5, 5.41) is 21.1. The third kappa shape index (κ3) is 5.19. The van der Waals surface area contributed by atoms with Crippen molar-refractivity contribution in [3.8, 4) is 5.75 Å². The number of hydrazine groups is 1. The van der Waals surface area contributed by atoms with Crippen molar-refractivity contribution in [1.29, 1.82) is 0 Å². The molecular formula is C39H31Cl2N3O9. The van der Waals surface area contributed by atoms with Gasteiger partial charge in [-0.1, -0.05) is 53.1 Å². The van der Waals surface area contributed by atoms with Gasteiger partial charge in [0.05, 0.1) is 52.7 Å². The summed E-state index contributed by atoms with van der Waals surface area (Å²) in [6.45, 7) is -0.425. The Bertz CT molecular complexity index is 2250. The number of aromatic carboxylic acids is 1. The first-order valence-electron chi connectivity index (χ1n) is 16.8. The average Bonchev–Trinajstić information content (AvgIpc) is 3.80. The van der Waals surface area contributed by atoms with Gasteiger partial charge in [-0.05, 0) is 85.0 Å². The van der Waals surface area contributed by atoms with E-state index in [4.69, 9.17) is 32.4 Å². The number of furan rings is 1. The van der Waals surface area contributed by atoms with Crippen molar-refractivity contribution in [2.75, 3.05) is 17.4 Å². The molecule has 14 heteroatoms. The number of rotatable bonds is 8. The number of methoxy groups -OCH3 is 1. The minimum atomic E-state index is -1.63. The lowest BCUT2D eigenvalue weighted by atomic mass is 9.50. The van der Waals surface area contributed by atoms with Gasteiger partial charge >= 0.3 is 5.97 Å². The lowest BCUT2D eigenvalue weighted by Gasteiger charge is -2.49. The van der Waals surface area contributed by atoms with Crippen LogP contribution in [0.4, 0.5) is 11.4 Å². The number of anilines is 2. The maximum absolute atomic E-state index is 15.3. The van der Waals surface area contributed by atoms with E-state index < -0.39 is 71.2 Å². The Labute approximate surface area is 312 Å². The van der Waals surface area contributed by atoms with E-state index in [-0.39, 0.29) is 40.6 Å². The van der Waals surface area contributed by atoms with Crippen LogP contribution in [0.1, 0.15) is 46.2 Å². The monoisotopic (exact) mass is 755 g/mol. The van der Waals surface area contributed by atoms with Gasteiger partial charge in [0.25, 0.3) is 11.8 Å². The number of benzene rings is 3. The molecule has 6 atom stereocenters. The summed E-state index contributed by atoms with van der Waals surface area (Å²) in [5.41, 5.74) is 2.75. The summed E-state index contributed by atoms with van der Waals surface area (Å²) >= 11 is 12.6. The molecule has 3 aromatic carbocycles. The van der Waals surface area contributed by atoms with Crippen LogP contribution >= 0.6 is 23.2 Å². The number of fused-ring (bicyclic) bond motifs is 4. The predicted octanol–water partition coefficient (Wildman–Crippen LogP) is 5.98. The highest BCUT2D eigenvalue weighted by Gasteiger charge is 2.71. The Kier molecular flexibility index (Phi) is 8.44. The number of allylic oxidation sites excluding steroid dienone is 2. The number of halogens is 2. The largest absolute Gasteiger partial charge is 0.497 e. The number of aliphatic hydroxyl groups is 1. The standard InChI is InChI=1S/C39H31Cl2N3O9/c1-52-23-8-5-20(6-9-23)39-28(35(47)44(38(39)51)42-30-13-7-21(40)16-29(30)41)17-27-25(33(39)31-14-10-24(18-45)53-31)11-12-26-32(27)36(48)43(34(26)46)22-4-2-3-19(15-22)37(49)50/h2-11,13-16,26-28,32-33,42,45H,12,17-18H2,1H3,(H,49,50)/t26-,27+,28-,32-,33+,39+/m0/s1. The molecular weight excluding hydrogens is 725 g/mol. The normalized spacial score (nSPS) is 26.3. The minimum absolute atomic E-state index is 0.0161. The Hall–Kier alpha value is -5.43. The van der Waals surface area contributed by atoms with Crippen LogP contribution in [0.2, 0.25) is 10.0 Å². The number of carbonyl (C=O) groups is 5. The van der Waals surface area contributed by atoms with E-state index in [2.05, 4.69) is 5.43 Å². The molecule has 0 radical (unpaired) electrons. The first-order valence-corrected chi connectivity index (χ1v) is 17.6. The number of carbonyl (C=O) groups excluding carboxylic acids is 4. The smallest absolute Gasteiger partial charge is 0.335 e. The predicted molar refractivity (Wildman–Crippen MR) is 191 cm³/mol. The summed E-state index contributed by atoms with van der Waals surface area (Å²) in [4.78, 5) is 71.4. The number of carboxylic acid groups (broad SMARTS) is 1. The van der Waals surface area contributed by atoms with Crippen LogP contribution in [0.5, 0.6) is 5.75 Å². The van der Waals surface area contributed by atoms with Crippen LogP contribution < -0.4 is 15.1 Å². The zero-order valence-corrected chi connectivity index (χ0v) is 29.5. The Balaban J connectivity index is 1.30. The molecule has 8 rings (SSSR count). The first-order chi connectivity index (χ1) is 25.5. The lowest BCUT2D eigenvalue weighted by Crippen LogP contribution is -2.53. The van der Waals surface area contributed by atoms with Crippen molar-refractivity contribution in [2.45, 2.75) is 30.8 Å². The molecule has 0 spiro atoms. The molecule has 3 heterocycles. The van der Waals surface area contributed by atoms with Gasteiger partial charge in [0.2, 0.25) is 11.8 Å². The Morgan fingerprint density at radius 2 is 1.74 bits per heavy atom. The zero-order valence-electron chi connectivity index (χ0n) is 28.0. The summed E-state index contributed by atoms with van der Waals surface area (Å²) in [6.07, 6.45) is 2.03. The van der Waals surface area contributed by atoms with Gasteiger partial charge in [-0.15, -0.1) is 0 Å². The number of imide groups is 2. The molecule has 270 valence electrons. The highest BCUT2D eigenvalue weighted by molar-refractivity contribution is 6.36. The van der Waals surface area contributed by atoms with Gasteiger partial charge in [0.15, 0.2) is 0 Å². The molecule has 0 unspecified atom stereocenters. The van der Waals surface area contributed by atoms with Crippen LogP contribution in [0.3, 0.4) is 0 Å². The van der Waals surface area contributed by atoms with Crippen LogP contribution in [0.15, 0.2) is 94.9 Å². The SMILES string of the molecule is COc1ccc([C@@]23C(=O)N(Nc4ccc(Cl)cc4Cl)C(=O)[C@@H]2C[C@@H]2C(=CC[C@@H]4C(=O)N(c5cccc(C(=O)O)c5)C(=O)[C@@H]42)[C@@H]3c2ccc(CO)o2)cc1. The van der Waals surface area contributed by atoms with Gasteiger partial charge in [-0.25, -0.2) is 4.79 Å². The molecule has 53 heavy (non-hydrogen) atoms. The van der Waals surface area contributed by atoms with E-state index in [1.807, 2.05) is 6.08 Å². The Morgan fingerprint density at radius 3 is 2.42 bits per heavy atom. The van der Waals surface area contributed by atoms with Gasteiger partial charge in [-0.3, -0.25) is 29.5 Å². The second-order valence-electron chi connectivity index (χ2n) is 13.5. The number of hydrogen-bond donors (Lipinski definition) is 3. The van der Waals surface area contributed by atoms with Crippen molar-refractivity contribution in [1.82, 2.24) is 5.01 Å². The first kappa shape index (κ1) is 34.6. The summed E-state index contributed by atoms with van der Waals surface area (Å²) in [7, 11) is 1.51. The fourth-order valence-electron chi connectivity index (χ4n) is 8.82. The topological polar surface area (TPSA) is 167 Å². The van der Waals surface area contributed by atoms with E-state index in [0.717, 1.165) is 9.91 Å². The van der Waals surface area contributed by atoms with Crippen molar-refractivity contribution >= 4 is 64.2 Å². The number of amides is 4. The number of nitrogens with zero attached hydrogens (tertiary/aromatic N) is 2. The fraction of sp³-hybridized carbons (Fsp3) is 0.256. The third-order valence-corrected chi connectivity index (χ3v) is 11.6. The summed E-state index contributed by atoms with van der Waals surface area (Å²) < 4.78 is 11.6. The van der Waals surface area contributed by atoms with Crippen LogP contribution in [0.25, 0.3) is 0 Å². The van der Waals surface area contributed by atoms with Crippen LogP contribution in [-0.4, -0.2) is 51.9 Å². The van der Waals surface area contributed by atoms with E-state index >= 15 is 4.79 Å². The lowest BCUT2D eigenvalue weighted by molar-refractivity contribution is -0.138. The van der Waals surface area contributed by atoms with Crippen molar-refractivity contribution in [2.24, 2.45) is 23.7 Å². The highest BCUT2D eigenvalue weighted by atomic mass is 35.5. The van der Waals surface area contributed by atoms with Gasteiger partial charge in [-0.2, -0.15) is 5.01 Å². The number of aliphatic hydroxyl groups excluding tert-OH is 1. The van der Waals surface area contributed by atoms with E-state index in [9.17, 15) is 29.4 Å². The van der Waals surface area contributed by atoms with Gasteiger partial charge < -0.3 is 19.4 Å². The molecule has 3 fully saturated rings. The number of ether oxygens (including phenoxy) is 1. The van der Waals surface area contributed by atoms with Crippen molar-refractivity contribution in [3.05, 3.63) is 123 Å². The average molecular weight is 757 g/mol. The molecule has 2 aliphatic carbocycles. The molecule has 1 saturated carbocycles. The molecule has 12 nitrogen and oxygen atoms in total. The van der Waals surface area contributed by atoms with Crippen LogP contribution in [0, 0.1) is 23.7 Å². The van der Waals surface area contributed by atoms with Crippen molar-refractivity contribution < 1.29 is 43.3 Å². The van der Waals surface area contributed by atoms with Gasteiger partial charge in [0, 0.05) is 5.02 Å². The molecule has 2 aliphatic heterocycles. The fourth-order valence-corrected chi connectivity index (χ4v) is 9.27. The highest BCUT2D eigenvalue weighted by Crippen LogP contribution is 2.64. The summed E-state index contributed by atoms with van der Waals surface area (Å²) in [5.74, 6) is -6.80. The van der Waals surface area contributed by atoms with Crippen molar-refractivity contribution in [3.63, 3.8) is 0 Å². The molecule has 4 aliphatic rings. The second-order valence-corrected chi connectivity index (χ2v) is 14.4. The molecule has 0 bridgehead atoms. The number of hydrogen-bond acceptors (Lipinski definition) is 9. The minimum Gasteiger partial charge on any atom is -0.497 e. The molecule has 4 aromatic rings. The van der Waals surface area contributed by atoms with Crippen LogP contribution in [-0.2, 0) is 31.2 Å². The molecule has 3 N–H and O–H groups in total.